The van der Waals surface area contributed by atoms with Crippen molar-refractivity contribution >= 4 is 35.6 Å². The highest BCUT2D eigenvalue weighted by Crippen LogP contribution is 2.30. The Morgan fingerprint density at radius 1 is 0.882 bits per heavy atom. The number of hydrogen-bond donors (Lipinski definition) is 1. The highest BCUT2D eigenvalue weighted by atomic mass is 35.5. The summed E-state index contributed by atoms with van der Waals surface area (Å²) in [6.07, 6.45) is 0. The number of anilines is 1. The van der Waals surface area contributed by atoms with E-state index in [-0.39, 0.29) is 24.4 Å². The van der Waals surface area contributed by atoms with E-state index >= 15 is 0 Å². The average Bonchev–Trinajstić information content (AvgIpc) is 2.79. The van der Waals surface area contributed by atoms with Gasteiger partial charge in [0.15, 0.2) is 0 Å². The Kier molecular flexibility index (Phi) is 9.15. The predicted octanol–water partition coefficient (Wildman–Crippen LogP) is 6.03. The first-order chi connectivity index (χ1) is 15.9. The SMILES string of the molecule is Cc1cc(C)c(NC(=O)CN2CCN(C(c3ccccc3)c3ccc(Cl)cc3)CC2)c(C)c1.Cl. The molecule has 1 N–H and O–H groups in total. The van der Waals surface area contributed by atoms with Crippen LogP contribution in [0.1, 0.15) is 33.9 Å². The van der Waals surface area contributed by atoms with E-state index in [1.807, 2.05) is 12.1 Å². The number of hydrogen-bond acceptors (Lipinski definition) is 3. The van der Waals surface area contributed by atoms with Crippen LogP contribution in [0.5, 0.6) is 0 Å². The summed E-state index contributed by atoms with van der Waals surface area (Å²) in [7, 11) is 0. The molecule has 0 spiro atoms. The summed E-state index contributed by atoms with van der Waals surface area (Å²) in [6, 6.07) is 23.2. The van der Waals surface area contributed by atoms with Crippen molar-refractivity contribution in [2.75, 3.05) is 38.0 Å². The molecule has 1 amide bonds. The zero-order valence-electron chi connectivity index (χ0n) is 20.1. The normalized spacial score (nSPS) is 15.4. The van der Waals surface area contributed by atoms with Gasteiger partial charge >= 0.3 is 0 Å². The Morgan fingerprint density at radius 3 is 2.03 bits per heavy atom. The minimum atomic E-state index is 0. The summed E-state index contributed by atoms with van der Waals surface area (Å²) in [6.45, 7) is 10.1. The van der Waals surface area contributed by atoms with Crippen molar-refractivity contribution in [3.8, 4) is 0 Å². The van der Waals surface area contributed by atoms with Gasteiger partial charge in [-0.25, -0.2) is 0 Å². The molecule has 4 rings (SSSR count). The third-order valence-electron chi connectivity index (χ3n) is 6.38. The van der Waals surface area contributed by atoms with E-state index < -0.39 is 0 Å². The van der Waals surface area contributed by atoms with Gasteiger partial charge in [-0.3, -0.25) is 14.6 Å². The summed E-state index contributed by atoms with van der Waals surface area (Å²) >= 11 is 6.14. The molecule has 0 bridgehead atoms. The van der Waals surface area contributed by atoms with E-state index in [0.29, 0.717) is 6.54 Å². The molecular formula is C28H33Cl2N3O. The molecule has 0 saturated carbocycles. The maximum absolute atomic E-state index is 12.8. The fourth-order valence-electron chi connectivity index (χ4n) is 4.83. The maximum Gasteiger partial charge on any atom is 0.238 e. The van der Waals surface area contributed by atoms with Crippen LogP contribution in [-0.2, 0) is 4.79 Å². The third kappa shape index (κ3) is 6.39. The fraction of sp³-hybridized carbons (Fsp3) is 0.321. The third-order valence-corrected chi connectivity index (χ3v) is 6.63. The van der Waals surface area contributed by atoms with E-state index in [9.17, 15) is 4.79 Å². The molecular weight excluding hydrogens is 465 g/mol. The molecule has 4 nitrogen and oxygen atoms in total. The van der Waals surface area contributed by atoms with Crippen LogP contribution in [0.2, 0.25) is 5.02 Å². The molecule has 1 atom stereocenters. The largest absolute Gasteiger partial charge is 0.324 e. The highest BCUT2D eigenvalue weighted by molar-refractivity contribution is 6.30. The Hall–Kier alpha value is -2.37. The first kappa shape index (κ1) is 26.2. The van der Waals surface area contributed by atoms with Gasteiger partial charge < -0.3 is 5.32 Å². The lowest BCUT2D eigenvalue weighted by molar-refractivity contribution is -0.117. The van der Waals surface area contributed by atoms with Crippen LogP contribution in [0.3, 0.4) is 0 Å². The molecule has 1 unspecified atom stereocenters. The van der Waals surface area contributed by atoms with Crippen LogP contribution in [0.4, 0.5) is 5.69 Å². The first-order valence-corrected chi connectivity index (χ1v) is 11.9. The Bertz CT molecular complexity index is 1070. The lowest BCUT2D eigenvalue weighted by Gasteiger charge is -2.39. The van der Waals surface area contributed by atoms with Crippen LogP contribution < -0.4 is 5.32 Å². The second-order valence-electron chi connectivity index (χ2n) is 9.00. The molecule has 1 saturated heterocycles. The molecule has 0 radical (unpaired) electrons. The van der Waals surface area contributed by atoms with Crippen molar-refractivity contribution in [1.82, 2.24) is 9.80 Å². The summed E-state index contributed by atoms with van der Waals surface area (Å²) in [5.74, 6) is 0.0517. The van der Waals surface area contributed by atoms with Crippen LogP contribution in [0, 0.1) is 20.8 Å². The van der Waals surface area contributed by atoms with Crippen molar-refractivity contribution in [3.05, 3.63) is 99.6 Å². The monoisotopic (exact) mass is 497 g/mol. The minimum absolute atomic E-state index is 0. The number of halogens is 2. The van der Waals surface area contributed by atoms with Crippen LogP contribution in [0.25, 0.3) is 0 Å². The standard InChI is InChI=1S/C28H32ClN3O.ClH/c1-20-17-21(2)27(22(3)18-20)30-26(33)19-31-13-15-32(16-14-31)28(23-7-5-4-6-8-23)24-9-11-25(29)12-10-24;/h4-12,17-18,28H,13-16,19H2,1-3H3,(H,30,33);1H. The Morgan fingerprint density at radius 2 is 1.44 bits per heavy atom. The second kappa shape index (κ2) is 11.9. The zero-order valence-corrected chi connectivity index (χ0v) is 21.6. The van der Waals surface area contributed by atoms with Gasteiger partial charge in [0.25, 0.3) is 0 Å². The van der Waals surface area contributed by atoms with E-state index in [0.717, 1.165) is 48.0 Å². The van der Waals surface area contributed by atoms with Gasteiger partial charge in [0.2, 0.25) is 5.91 Å². The maximum atomic E-state index is 12.8. The minimum Gasteiger partial charge on any atom is -0.324 e. The zero-order chi connectivity index (χ0) is 23.4. The van der Waals surface area contributed by atoms with Gasteiger partial charge in [-0.1, -0.05) is 71.8 Å². The lowest BCUT2D eigenvalue weighted by atomic mass is 9.96. The first-order valence-electron chi connectivity index (χ1n) is 11.6. The average molecular weight is 498 g/mol. The molecule has 3 aromatic carbocycles. The van der Waals surface area contributed by atoms with Crippen LogP contribution in [0.15, 0.2) is 66.7 Å². The number of carbonyl (C=O) groups is 1. The molecule has 6 heteroatoms. The van der Waals surface area contributed by atoms with Crippen molar-refractivity contribution in [2.45, 2.75) is 26.8 Å². The van der Waals surface area contributed by atoms with Crippen molar-refractivity contribution in [1.29, 1.82) is 0 Å². The van der Waals surface area contributed by atoms with Gasteiger partial charge in [-0.15, -0.1) is 12.4 Å². The van der Waals surface area contributed by atoms with Gasteiger partial charge in [0, 0.05) is 36.9 Å². The van der Waals surface area contributed by atoms with Crippen molar-refractivity contribution < 1.29 is 4.79 Å². The van der Waals surface area contributed by atoms with Gasteiger partial charge in [0.05, 0.1) is 12.6 Å². The molecule has 0 aliphatic carbocycles. The summed E-state index contributed by atoms with van der Waals surface area (Å²) in [5.41, 5.74) is 6.89. The molecule has 3 aromatic rings. The highest BCUT2D eigenvalue weighted by Gasteiger charge is 2.27. The van der Waals surface area contributed by atoms with Crippen molar-refractivity contribution in [3.63, 3.8) is 0 Å². The quantitative estimate of drug-likeness (QED) is 0.451. The number of aryl methyl sites for hydroxylation is 3. The smallest absolute Gasteiger partial charge is 0.238 e. The van der Waals surface area contributed by atoms with E-state index in [2.05, 4.69) is 90.5 Å². The summed E-state index contributed by atoms with van der Waals surface area (Å²) in [5, 5.41) is 3.89. The van der Waals surface area contributed by atoms with E-state index in [1.54, 1.807) is 0 Å². The summed E-state index contributed by atoms with van der Waals surface area (Å²) in [4.78, 5) is 17.5. The number of benzene rings is 3. The molecule has 1 aliphatic heterocycles. The van der Waals surface area contributed by atoms with Gasteiger partial charge in [-0.05, 0) is 55.2 Å². The number of carbonyl (C=O) groups excluding carboxylic acids is 1. The Balaban J connectivity index is 0.00000324. The van der Waals surface area contributed by atoms with Crippen LogP contribution >= 0.6 is 24.0 Å². The summed E-state index contributed by atoms with van der Waals surface area (Å²) < 4.78 is 0. The number of nitrogens with zero attached hydrogens (tertiary/aromatic N) is 2. The molecule has 0 aromatic heterocycles. The number of amides is 1. The number of piperazine rings is 1. The topological polar surface area (TPSA) is 35.6 Å². The number of nitrogens with one attached hydrogen (secondary N) is 1. The molecule has 34 heavy (non-hydrogen) atoms. The van der Waals surface area contributed by atoms with Crippen molar-refractivity contribution in [2.24, 2.45) is 0 Å². The second-order valence-corrected chi connectivity index (χ2v) is 9.44. The fourth-order valence-corrected chi connectivity index (χ4v) is 4.96. The molecule has 1 heterocycles. The van der Waals surface area contributed by atoms with Gasteiger partial charge in [-0.2, -0.15) is 0 Å². The van der Waals surface area contributed by atoms with Gasteiger partial charge in [0.1, 0.15) is 0 Å². The van der Waals surface area contributed by atoms with E-state index in [1.165, 1.54) is 16.7 Å². The molecule has 1 aliphatic rings. The predicted molar refractivity (Wildman–Crippen MR) is 144 cm³/mol. The Labute approximate surface area is 214 Å². The molecule has 1 fully saturated rings. The van der Waals surface area contributed by atoms with E-state index in [4.69, 9.17) is 11.6 Å². The lowest BCUT2D eigenvalue weighted by Crippen LogP contribution is -2.49. The number of rotatable bonds is 6. The van der Waals surface area contributed by atoms with Crippen LogP contribution in [-0.4, -0.2) is 48.4 Å². The molecule has 180 valence electrons.